The van der Waals surface area contributed by atoms with Gasteiger partial charge in [0.05, 0.1) is 5.56 Å². The predicted molar refractivity (Wildman–Crippen MR) is 83.9 cm³/mol. The zero-order chi connectivity index (χ0) is 14.8. The van der Waals surface area contributed by atoms with Crippen LogP contribution in [0.1, 0.15) is 10.4 Å². The largest absolute Gasteiger partial charge is 0.378 e. The third-order valence-corrected chi connectivity index (χ3v) is 3.28. The third-order valence-electron chi connectivity index (χ3n) is 3.28. The Labute approximate surface area is 122 Å². The fourth-order valence-corrected chi connectivity index (χ4v) is 2.19. The lowest BCUT2D eigenvalue weighted by molar-refractivity contribution is 0.102. The van der Waals surface area contributed by atoms with Crippen LogP contribution in [0.15, 0.2) is 55.0 Å². The van der Waals surface area contributed by atoms with Gasteiger partial charge in [-0.25, -0.2) is 4.98 Å². The van der Waals surface area contributed by atoms with Gasteiger partial charge in [0.15, 0.2) is 0 Å². The molecule has 2 heterocycles. The fourth-order valence-electron chi connectivity index (χ4n) is 2.19. The lowest BCUT2D eigenvalue weighted by Crippen LogP contribution is -2.14. The van der Waals surface area contributed by atoms with Crippen molar-refractivity contribution in [3.63, 3.8) is 0 Å². The monoisotopic (exact) mass is 280 g/mol. The van der Waals surface area contributed by atoms with Crippen LogP contribution in [0.2, 0.25) is 0 Å². The smallest absolute Gasteiger partial charge is 0.259 e. The second-order valence-electron chi connectivity index (χ2n) is 4.98. The first-order valence-corrected chi connectivity index (χ1v) is 6.65. The molecule has 2 aromatic heterocycles. The van der Waals surface area contributed by atoms with Crippen molar-refractivity contribution in [2.24, 2.45) is 0 Å². The van der Waals surface area contributed by atoms with Gasteiger partial charge in [-0.3, -0.25) is 4.79 Å². The molecule has 0 saturated heterocycles. The van der Waals surface area contributed by atoms with Crippen molar-refractivity contribution in [2.75, 3.05) is 24.3 Å². The number of aromatic nitrogens is 2. The topological polar surface area (TPSA) is 49.6 Å². The van der Waals surface area contributed by atoms with E-state index in [0.29, 0.717) is 11.2 Å². The van der Waals surface area contributed by atoms with Crippen LogP contribution in [0.5, 0.6) is 0 Å². The molecule has 5 heteroatoms. The Morgan fingerprint density at radius 1 is 1.19 bits per heavy atom. The fraction of sp³-hybridized carbons (Fsp3) is 0.125. The minimum Gasteiger partial charge on any atom is -0.378 e. The van der Waals surface area contributed by atoms with E-state index >= 15 is 0 Å². The van der Waals surface area contributed by atoms with E-state index in [9.17, 15) is 4.79 Å². The summed E-state index contributed by atoms with van der Waals surface area (Å²) in [7, 11) is 3.93. The summed E-state index contributed by atoms with van der Waals surface area (Å²) in [6.07, 6.45) is 5.36. The molecule has 21 heavy (non-hydrogen) atoms. The maximum atomic E-state index is 12.4. The minimum atomic E-state index is -0.164. The highest BCUT2D eigenvalue weighted by Gasteiger charge is 2.11. The number of amides is 1. The van der Waals surface area contributed by atoms with Gasteiger partial charge < -0.3 is 14.6 Å². The molecule has 0 bridgehead atoms. The summed E-state index contributed by atoms with van der Waals surface area (Å²) in [6.45, 7) is 0. The van der Waals surface area contributed by atoms with Crippen LogP contribution in [0.3, 0.4) is 0 Å². The van der Waals surface area contributed by atoms with Crippen LogP contribution in [-0.2, 0) is 0 Å². The summed E-state index contributed by atoms with van der Waals surface area (Å²) in [4.78, 5) is 18.6. The first kappa shape index (κ1) is 13.2. The number of pyridine rings is 1. The molecule has 3 rings (SSSR count). The van der Waals surface area contributed by atoms with Crippen LogP contribution < -0.4 is 10.2 Å². The van der Waals surface area contributed by atoms with E-state index in [1.165, 1.54) is 0 Å². The number of benzene rings is 1. The molecular weight excluding hydrogens is 264 g/mol. The van der Waals surface area contributed by atoms with Crippen LogP contribution in [-0.4, -0.2) is 29.4 Å². The highest BCUT2D eigenvalue weighted by Crippen LogP contribution is 2.18. The number of rotatable bonds is 3. The molecule has 0 fully saturated rings. The van der Waals surface area contributed by atoms with Gasteiger partial charge in [0, 0.05) is 44.1 Å². The van der Waals surface area contributed by atoms with E-state index in [0.717, 1.165) is 11.4 Å². The minimum absolute atomic E-state index is 0.164. The SMILES string of the molecule is CN(C)c1cccc(NC(=O)c2cccn3ccnc23)c1. The first-order valence-electron chi connectivity index (χ1n) is 6.65. The maximum absolute atomic E-state index is 12.4. The number of nitrogens with zero attached hydrogens (tertiary/aromatic N) is 3. The lowest BCUT2D eigenvalue weighted by Gasteiger charge is -2.14. The van der Waals surface area contributed by atoms with Crippen molar-refractivity contribution < 1.29 is 4.79 Å². The summed E-state index contributed by atoms with van der Waals surface area (Å²) in [6, 6.07) is 11.3. The van der Waals surface area contributed by atoms with E-state index in [2.05, 4.69) is 10.3 Å². The molecule has 0 aliphatic heterocycles. The highest BCUT2D eigenvalue weighted by atomic mass is 16.1. The number of hydrogen-bond acceptors (Lipinski definition) is 3. The van der Waals surface area contributed by atoms with Gasteiger partial charge in [-0.1, -0.05) is 6.07 Å². The molecule has 0 spiro atoms. The Bertz CT molecular complexity index is 792. The average Bonchev–Trinajstić information content (AvgIpc) is 2.95. The number of imidazole rings is 1. The number of anilines is 2. The molecule has 0 saturated carbocycles. The molecule has 1 amide bonds. The van der Waals surface area contributed by atoms with Crippen LogP contribution in [0, 0.1) is 0 Å². The lowest BCUT2D eigenvalue weighted by atomic mass is 10.2. The van der Waals surface area contributed by atoms with Crippen molar-refractivity contribution in [3.05, 3.63) is 60.6 Å². The third kappa shape index (κ3) is 2.58. The van der Waals surface area contributed by atoms with Gasteiger partial charge >= 0.3 is 0 Å². The van der Waals surface area contributed by atoms with Crippen molar-refractivity contribution >= 4 is 22.9 Å². The number of fused-ring (bicyclic) bond motifs is 1. The van der Waals surface area contributed by atoms with Gasteiger partial charge in [-0.2, -0.15) is 0 Å². The number of carbonyl (C=O) groups excluding carboxylic acids is 1. The number of hydrogen-bond donors (Lipinski definition) is 1. The Balaban J connectivity index is 1.90. The second-order valence-corrected chi connectivity index (χ2v) is 4.98. The first-order chi connectivity index (χ1) is 10.1. The highest BCUT2D eigenvalue weighted by molar-refractivity contribution is 6.08. The number of carbonyl (C=O) groups is 1. The van der Waals surface area contributed by atoms with Gasteiger partial charge in [-0.15, -0.1) is 0 Å². The summed E-state index contributed by atoms with van der Waals surface area (Å²) >= 11 is 0. The zero-order valence-electron chi connectivity index (χ0n) is 11.9. The summed E-state index contributed by atoms with van der Waals surface area (Å²) in [5.41, 5.74) is 3.00. The molecule has 3 aromatic rings. The Morgan fingerprint density at radius 3 is 2.86 bits per heavy atom. The Kier molecular flexibility index (Phi) is 3.31. The standard InChI is InChI=1S/C16H16N4O/c1-19(2)13-6-3-5-12(11-13)18-16(21)14-7-4-9-20-10-8-17-15(14)20/h3-11H,1-2H3,(H,18,21). The molecule has 0 unspecified atom stereocenters. The van der Waals surface area contributed by atoms with Gasteiger partial charge in [-0.05, 0) is 30.3 Å². The van der Waals surface area contributed by atoms with Gasteiger partial charge in [0.25, 0.3) is 5.91 Å². The van der Waals surface area contributed by atoms with Crippen molar-refractivity contribution in [1.29, 1.82) is 0 Å². The summed E-state index contributed by atoms with van der Waals surface area (Å²) < 4.78 is 1.82. The molecule has 0 aliphatic carbocycles. The normalized spacial score (nSPS) is 10.6. The Hall–Kier alpha value is -2.82. The Morgan fingerprint density at radius 2 is 2.05 bits per heavy atom. The van der Waals surface area contributed by atoms with E-state index < -0.39 is 0 Å². The van der Waals surface area contributed by atoms with E-state index in [1.807, 2.05) is 66.1 Å². The van der Waals surface area contributed by atoms with Gasteiger partial charge in [0.1, 0.15) is 5.65 Å². The van der Waals surface area contributed by atoms with Crippen LogP contribution in [0.25, 0.3) is 5.65 Å². The summed E-state index contributed by atoms with van der Waals surface area (Å²) in [5.74, 6) is -0.164. The van der Waals surface area contributed by atoms with Crippen LogP contribution >= 0.6 is 0 Å². The molecule has 0 radical (unpaired) electrons. The molecule has 5 nitrogen and oxygen atoms in total. The van der Waals surface area contributed by atoms with Gasteiger partial charge in [0.2, 0.25) is 0 Å². The van der Waals surface area contributed by atoms with Crippen molar-refractivity contribution in [2.45, 2.75) is 0 Å². The van der Waals surface area contributed by atoms with E-state index in [-0.39, 0.29) is 5.91 Å². The van der Waals surface area contributed by atoms with Crippen molar-refractivity contribution in [3.8, 4) is 0 Å². The maximum Gasteiger partial charge on any atom is 0.259 e. The second kappa shape index (κ2) is 5.28. The molecule has 1 aromatic carbocycles. The van der Waals surface area contributed by atoms with Crippen LogP contribution in [0.4, 0.5) is 11.4 Å². The molecule has 0 atom stereocenters. The predicted octanol–water partition coefficient (Wildman–Crippen LogP) is 2.65. The molecule has 0 aliphatic rings. The average molecular weight is 280 g/mol. The number of nitrogens with one attached hydrogen (secondary N) is 1. The molecule has 1 N–H and O–H groups in total. The van der Waals surface area contributed by atoms with E-state index in [4.69, 9.17) is 0 Å². The zero-order valence-corrected chi connectivity index (χ0v) is 11.9. The van der Waals surface area contributed by atoms with Crippen molar-refractivity contribution in [1.82, 2.24) is 9.38 Å². The summed E-state index contributed by atoms with van der Waals surface area (Å²) in [5, 5.41) is 2.92. The molecule has 106 valence electrons. The quantitative estimate of drug-likeness (QED) is 0.802. The van der Waals surface area contributed by atoms with E-state index in [1.54, 1.807) is 12.3 Å². The molecular formula is C16H16N4O.